The fourth-order valence-corrected chi connectivity index (χ4v) is 2.48. The van der Waals surface area contributed by atoms with Crippen LogP contribution in [0.4, 0.5) is 0 Å². The molecule has 0 saturated heterocycles. The highest BCUT2D eigenvalue weighted by molar-refractivity contribution is 5.93. The van der Waals surface area contributed by atoms with Crippen LogP contribution in [-0.2, 0) is 6.42 Å². The Morgan fingerprint density at radius 3 is 2.56 bits per heavy atom. The second-order valence-electron chi connectivity index (χ2n) is 5.68. The van der Waals surface area contributed by atoms with Gasteiger partial charge in [0.25, 0.3) is 5.91 Å². The van der Waals surface area contributed by atoms with Gasteiger partial charge in [0.05, 0.1) is 5.69 Å². The lowest BCUT2D eigenvalue weighted by Gasteiger charge is -2.17. The van der Waals surface area contributed by atoms with E-state index in [-0.39, 0.29) is 11.6 Å². The fraction of sp³-hybridized carbons (Fsp3) is 0.158. The molecule has 126 valence electrons. The molecule has 0 spiro atoms. The number of aromatic nitrogens is 3. The molecule has 25 heavy (non-hydrogen) atoms. The third kappa shape index (κ3) is 4.17. The lowest BCUT2D eigenvalue weighted by molar-refractivity contribution is 0.0790. The number of hydrogen-bond acceptors (Lipinski definition) is 4. The number of nitrogens with zero attached hydrogens (tertiary/aromatic N) is 3. The summed E-state index contributed by atoms with van der Waals surface area (Å²) in [6.45, 7) is 0.536. The topological polar surface area (TPSA) is 79.0 Å². The Balaban J connectivity index is 1.77. The van der Waals surface area contributed by atoms with Crippen molar-refractivity contribution >= 4 is 5.91 Å². The van der Waals surface area contributed by atoms with E-state index in [4.69, 9.17) is 0 Å². The smallest absolute Gasteiger partial charge is 0.340 e. The summed E-state index contributed by atoms with van der Waals surface area (Å²) in [7, 11) is 1.71. The van der Waals surface area contributed by atoms with E-state index < -0.39 is 5.69 Å². The van der Waals surface area contributed by atoms with Crippen molar-refractivity contribution < 1.29 is 4.79 Å². The molecular weight excluding hydrogens is 316 g/mol. The minimum Gasteiger partial charge on any atom is -0.340 e. The van der Waals surface area contributed by atoms with Crippen LogP contribution in [-0.4, -0.2) is 39.4 Å². The van der Waals surface area contributed by atoms with Crippen molar-refractivity contribution in [3.05, 3.63) is 82.7 Å². The zero-order valence-corrected chi connectivity index (χ0v) is 13.8. The Hall–Kier alpha value is -3.28. The lowest BCUT2D eigenvalue weighted by Crippen LogP contribution is -2.31. The number of nitrogens with one attached hydrogen (secondary N) is 1. The zero-order valence-electron chi connectivity index (χ0n) is 13.8. The van der Waals surface area contributed by atoms with Crippen LogP contribution in [0.15, 0.2) is 65.7 Å². The first kappa shape index (κ1) is 16.6. The summed E-state index contributed by atoms with van der Waals surface area (Å²) in [6.07, 6.45) is 4.17. The number of benzene rings is 1. The van der Waals surface area contributed by atoms with Gasteiger partial charge in [-0.25, -0.2) is 4.79 Å². The van der Waals surface area contributed by atoms with E-state index in [0.29, 0.717) is 18.7 Å². The van der Waals surface area contributed by atoms with E-state index in [0.717, 1.165) is 11.1 Å². The number of carbonyl (C=O) groups excluding carboxylic acids is 1. The number of carbonyl (C=O) groups is 1. The highest BCUT2D eigenvalue weighted by Crippen LogP contribution is 2.15. The van der Waals surface area contributed by atoms with Crippen molar-refractivity contribution in [2.75, 3.05) is 13.6 Å². The summed E-state index contributed by atoms with van der Waals surface area (Å²) in [5.74, 6) is -0.245. The van der Waals surface area contributed by atoms with Gasteiger partial charge < -0.3 is 9.88 Å². The first-order chi connectivity index (χ1) is 12.1. The van der Waals surface area contributed by atoms with Crippen molar-refractivity contribution in [1.29, 1.82) is 0 Å². The average molecular weight is 334 g/mol. The maximum atomic E-state index is 12.6. The van der Waals surface area contributed by atoms with Crippen molar-refractivity contribution in [3.8, 4) is 11.3 Å². The minimum atomic E-state index is -0.535. The predicted molar refractivity (Wildman–Crippen MR) is 95.2 cm³/mol. The molecule has 0 saturated carbocycles. The second-order valence-corrected chi connectivity index (χ2v) is 5.68. The van der Waals surface area contributed by atoms with Crippen LogP contribution in [0.5, 0.6) is 0 Å². The zero-order chi connectivity index (χ0) is 17.6. The van der Waals surface area contributed by atoms with E-state index in [1.807, 2.05) is 42.5 Å². The molecule has 6 nitrogen and oxygen atoms in total. The Kier molecular flexibility index (Phi) is 4.99. The number of likely N-dealkylation sites (N-methyl/N-ethyl adjacent to an activating group) is 1. The number of aromatic amines is 1. The third-order valence-electron chi connectivity index (χ3n) is 3.88. The van der Waals surface area contributed by atoms with Gasteiger partial charge in [-0.1, -0.05) is 30.3 Å². The summed E-state index contributed by atoms with van der Waals surface area (Å²) in [5.41, 5.74) is 2.07. The predicted octanol–water partition coefficient (Wildman–Crippen LogP) is 2.15. The molecule has 0 unspecified atom stereocenters. The number of amides is 1. The molecule has 1 N–H and O–H groups in total. The first-order valence-corrected chi connectivity index (χ1v) is 7.94. The summed E-state index contributed by atoms with van der Waals surface area (Å²) in [4.78, 5) is 36.5. The molecule has 0 atom stereocenters. The second kappa shape index (κ2) is 7.53. The van der Waals surface area contributed by atoms with Crippen LogP contribution >= 0.6 is 0 Å². The summed E-state index contributed by atoms with van der Waals surface area (Å²) in [5, 5.41) is 0. The largest absolute Gasteiger partial charge is 0.346 e. The van der Waals surface area contributed by atoms with Crippen molar-refractivity contribution in [2.24, 2.45) is 0 Å². The molecular formula is C19H18N4O2. The number of pyridine rings is 1. The van der Waals surface area contributed by atoms with Gasteiger partial charge in [0.1, 0.15) is 5.69 Å². The Bertz CT molecular complexity index is 907. The van der Waals surface area contributed by atoms with Crippen LogP contribution < -0.4 is 5.69 Å². The normalized spacial score (nSPS) is 10.4. The number of rotatable bonds is 5. The van der Waals surface area contributed by atoms with Gasteiger partial charge in [-0.05, 0) is 30.2 Å². The fourth-order valence-electron chi connectivity index (χ4n) is 2.48. The number of hydrogen-bond donors (Lipinski definition) is 1. The molecule has 6 heteroatoms. The standard InChI is InChI=1S/C19H18N4O2/c1-23(12-9-14-7-10-20-11-8-14)18(24)17-13-16(21-19(25)22-17)15-5-3-2-4-6-15/h2-8,10-11,13H,9,12H2,1H3,(H,21,22,25). The monoisotopic (exact) mass is 334 g/mol. The maximum Gasteiger partial charge on any atom is 0.346 e. The molecule has 0 fully saturated rings. The molecule has 3 aromatic rings. The molecule has 0 aliphatic rings. The van der Waals surface area contributed by atoms with Gasteiger partial charge in [0, 0.05) is 31.5 Å². The molecule has 1 aromatic carbocycles. The van der Waals surface area contributed by atoms with Crippen LogP contribution in [0.2, 0.25) is 0 Å². The van der Waals surface area contributed by atoms with E-state index in [2.05, 4.69) is 15.0 Å². The van der Waals surface area contributed by atoms with Gasteiger partial charge in [0.2, 0.25) is 0 Å². The highest BCUT2D eigenvalue weighted by Gasteiger charge is 2.15. The van der Waals surface area contributed by atoms with Crippen LogP contribution in [0.3, 0.4) is 0 Å². The quantitative estimate of drug-likeness (QED) is 0.775. The molecule has 0 bridgehead atoms. The summed E-state index contributed by atoms with van der Waals surface area (Å²) < 4.78 is 0. The summed E-state index contributed by atoms with van der Waals surface area (Å²) >= 11 is 0. The van der Waals surface area contributed by atoms with Crippen molar-refractivity contribution in [2.45, 2.75) is 6.42 Å². The molecule has 0 aliphatic heterocycles. The minimum absolute atomic E-state index is 0.232. The Morgan fingerprint density at radius 2 is 1.84 bits per heavy atom. The van der Waals surface area contributed by atoms with Gasteiger partial charge in [-0.3, -0.25) is 9.78 Å². The molecule has 0 radical (unpaired) electrons. The van der Waals surface area contributed by atoms with Crippen molar-refractivity contribution in [3.63, 3.8) is 0 Å². The van der Waals surface area contributed by atoms with Crippen LogP contribution in [0.25, 0.3) is 11.3 Å². The maximum absolute atomic E-state index is 12.6. The third-order valence-corrected chi connectivity index (χ3v) is 3.88. The van der Waals surface area contributed by atoms with Crippen LogP contribution in [0, 0.1) is 0 Å². The molecule has 3 rings (SSSR count). The molecule has 2 heterocycles. The molecule has 1 amide bonds. The van der Waals surface area contributed by atoms with Gasteiger partial charge in [-0.2, -0.15) is 4.98 Å². The van der Waals surface area contributed by atoms with Gasteiger partial charge in [-0.15, -0.1) is 0 Å². The van der Waals surface area contributed by atoms with E-state index in [9.17, 15) is 9.59 Å². The van der Waals surface area contributed by atoms with E-state index in [1.54, 1.807) is 30.4 Å². The SMILES string of the molecule is CN(CCc1ccncc1)C(=O)c1cc(-c2ccccc2)nc(=O)[nH]1. The van der Waals surface area contributed by atoms with Gasteiger partial charge >= 0.3 is 5.69 Å². The van der Waals surface area contributed by atoms with E-state index in [1.165, 1.54) is 0 Å². The summed E-state index contributed by atoms with van der Waals surface area (Å²) in [6, 6.07) is 14.8. The lowest BCUT2D eigenvalue weighted by atomic mass is 10.1. The molecule has 0 aliphatic carbocycles. The Labute approximate surface area is 145 Å². The van der Waals surface area contributed by atoms with Crippen molar-refractivity contribution in [1.82, 2.24) is 19.9 Å². The van der Waals surface area contributed by atoms with Crippen LogP contribution in [0.1, 0.15) is 16.1 Å². The van der Waals surface area contributed by atoms with Gasteiger partial charge in [0.15, 0.2) is 0 Å². The number of H-pyrrole nitrogens is 1. The average Bonchev–Trinajstić information content (AvgIpc) is 2.66. The Morgan fingerprint density at radius 1 is 1.12 bits per heavy atom. The first-order valence-electron chi connectivity index (χ1n) is 7.94. The van der Waals surface area contributed by atoms with E-state index >= 15 is 0 Å². The molecule has 2 aromatic heterocycles. The highest BCUT2D eigenvalue weighted by atomic mass is 16.2.